The summed E-state index contributed by atoms with van der Waals surface area (Å²) in [6, 6.07) is 7.71. The highest BCUT2D eigenvalue weighted by atomic mass is 35.5. The van der Waals surface area contributed by atoms with Crippen LogP contribution in [0.25, 0.3) is 11.3 Å². The van der Waals surface area contributed by atoms with Gasteiger partial charge in [-0.1, -0.05) is 40.9 Å². The number of β-amino-alcohol motifs (C(OH)–C–C–N with tert-alkyl or cyclic N) is 1. The standard InChI is InChI=1S/C20H16Cl3N3O3/c1-9-6-15(28)11(8-13(9)22)17-16-18(25-24-17)20(29)26(4-5-27)19(16)10-2-3-12(21)14(23)7-10/h2-3,6-8,19,27-28H,4-5H2,1H3,(H,24,25)/t19-/m0/s1. The lowest BCUT2D eigenvalue weighted by Crippen LogP contribution is -2.32. The number of halogens is 3. The van der Waals surface area contributed by atoms with Gasteiger partial charge in [-0.2, -0.15) is 5.10 Å². The molecule has 0 radical (unpaired) electrons. The largest absolute Gasteiger partial charge is 0.507 e. The van der Waals surface area contributed by atoms with E-state index in [0.29, 0.717) is 43.1 Å². The van der Waals surface area contributed by atoms with Gasteiger partial charge in [-0.15, -0.1) is 0 Å². The summed E-state index contributed by atoms with van der Waals surface area (Å²) in [5, 5.41) is 28.3. The Hall–Kier alpha value is -2.25. The van der Waals surface area contributed by atoms with Crippen molar-refractivity contribution >= 4 is 40.7 Å². The van der Waals surface area contributed by atoms with Crippen LogP contribution in [0.4, 0.5) is 0 Å². The fourth-order valence-electron chi connectivity index (χ4n) is 3.63. The summed E-state index contributed by atoms with van der Waals surface area (Å²) in [5.74, 6) is -0.302. The Kier molecular flexibility index (Phi) is 5.21. The van der Waals surface area contributed by atoms with Crippen LogP contribution in [0.2, 0.25) is 15.1 Å². The first kappa shape index (κ1) is 20.0. The lowest BCUT2D eigenvalue weighted by atomic mass is 9.95. The molecule has 3 N–H and O–H groups in total. The zero-order valence-corrected chi connectivity index (χ0v) is 17.5. The van der Waals surface area contributed by atoms with Crippen molar-refractivity contribution in [1.82, 2.24) is 15.1 Å². The maximum absolute atomic E-state index is 13.0. The number of aromatic amines is 1. The number of aryl methyl sites for hydroxylation is 1. The number of nitrogens with zero attached hydrogens (tertiary/aromatic N) is 2. The van der Waals surface area contributed by atoms with Crippen LogP contribution in [0, 0.1) is 6.92 Å². The van der Waals surface area contributed by atoms with Gasteiger partial charge in [0.25, 0.3) is 5.91 Å². The topological polar surface area (TPSA) is 89.5 Å². The lowest BCUT2D eigenvalue weighted by molar-refractivity contribution is 0.0706. The van der Waals surface area contributed by atoms with E-state index >= 15 is 0 Å². The molecule has 0 saturated heterocycles. The molecule has 0 spiro atoms. The van der Waals surface area contributed by atoms with Gasteiger partial charge in [0.15, 0.2) is 0 Å². The lowest BCUT2D eigenvalue weighted by Gasteiger charge is -2.26. The Morgan fingerprint density at radius 1 is 1.14 bits per heavy atom. The van der Waals surface area contributed by atoms with E-state index in [4.69, 9.17) is 34.8 Å². The summed E-state index contributed by atoms with van der Waals surface area (Å²) in [7, 11) is 0. The van der Waals surface area contributed by atoms with Crippen molar-refractivity contribution in [3.63, 3.8) is 0 Å². The summed E-state index contributed by atoms with van der Waals surface area (Å²) >= 11 is 18.5. The Balaban J connectivity index is 1.94. The monoisotopic (exact) mass is 451 g/mol. The van der Waals surface area contributed by atoms with Crippen LogP contribution in [-0.4, -0.2) is 44.4 Å². The molecular weight excluding hydrogens is 437 g/mol. The fourth-order valence-corrected chi connectivity index (χ4v) is 4.10. The first-order valence-electron chi connectivity index (χ1n) is 8.78. The molecule has 0 aliphatic carbocycles. The number of aliphatic hydroxyl groups excluding tert-OH is 1. The van der Waals surface area contributed by atoms with E-state index in [0.717, 1.165) is 5.56 Å². The Bertz CT molecular complexity index is 1130. The minimum absolute atomic E-state index is 0.00199. The summed E-state index contributed by atoms with van der Waals surface area (Å²) in [4.78, 5) is 14.5. The number of hydrogen-bond donors (Lipinski definition) is 3. The van der Waals surface area contributed by atoms with Crippen molar-refractivity contribution in [2.75, 3.05) is 13.2 Å². The average molecular weight is 453 g/mol. The van der Waals surface area contributed by atoms with Crippen LogP contribution in [0.3, 0.4) is 0 Å². The maximum Gasteiger partial charge on any atom is 0.273 e. The van der Waals surface area contributed by atoms with Gasteiger partial charge in [-0.05, 0) is 42.3 Å². The molecule has 1 atom stereocenters. The summed E-state index contributed by atoms with van der Waals surface area (Å²) in [6.07, 6.45) is 0. The molecule has 6 nitrogen and oxygen atoms in total. The highest BCUT2D eigenvalue weighted by Gasteiger charge is 2.42. The number of hydrogen-bond acceptors (Lipinski definition) is 4. The molecule has 1 aliphatic rings. The molecule has 0 fully saturated rings. The molecule has 1 amide bonds. The third kappa shape index (κ3) is 3.26. The minimum Gasteiger partial charge on any atom is -0.507 e. The summed E-state index contributed by atoms with van der Waals surface area (Å²) in [5.41, 5.74) is 3.11. The number of benzene rings is 2. The van der Waals surface area contributed by atoms with Crippen LogP contribution in [0.1, 0.15) is 33.2 Å². The highest BCUT2D eigenvalue weighted by molar-refractivity contribution is 6.42. The number of phenolic OH excluding ortho intramolecular Hbond substituents is 1. The van der Waals surface area contributed by atoms with Crippen molar-refractivity contribution in [3.8, 4) is 17.0 Å². The van der Waals surface area contributed by atoms with Crippen LogP contribution >= 0.6 is 34.8 Å². The van der Waals surface area contributed by atoms with Gasteiger partial charge < -0.3 is 15.1 Å². The zero-order chi connectivity index (χ0) is 20.9. The van der Waals surface area contributed by atoms with Gasteiger partial charge in [-0.25, -0.2) is 0 Å². The molecule has 1 aromatic heterocycles. The van der Waals surface area contributed by atoms with Crippen LogP contribution in [-0.2, 0) is 0 Å². The molecule has 2 heterocycles. The number of aromatic hydroxyl groups is 1. The number of aliphatic hydroxyl groups is 1. The van der Waals surface area contributed by atoms with Gasteiger partial charge in [0.05, 0.1) is 22.7 Å². The predicted molar refractivity (Wildman–Crippen MR) is 112 cm³/mol. The van der Waals surface area contributed by atoms with Crippen molar-refractivity contribution in [2.24, 2.45) is 0 Å². The molecule has 9 heteroatoms. The number of rotatable bonds is 4. The number of H-pyrrole nitrogens is 1. The molecule has 150 valence electrons. The molecule has 0 bridgehead atoms. The second-order valence-electron chi connectivity index (χ2n) is 6.78. The Labute approximate surface area is 181 Å². The Morgan fingerprint density at radius 3 is 2.59 bits per heavy atom. The van der Waals surface area contributed by atoms with Crippen LogP contribution in [0.5, 0.6) is 5.75 Å². The van der Waals surface area contributed by atoms with E-state index in [1.165, 1.54) is 4.90 Å². The SMILES string of the molecule is Cc1cc(O)c(-c2n[nH]c3c2[C@H](c2ccc(Cl)c(Cl)c2)N(CCO)C3=O)cc1Cl. The third-order valence-corrected chi connectivity index (χ3v) is 6.14. The number of aromatic nitrogens is 2. The van der Waals surface area contributed by atoms with Gasteiger partial charge >= 0.3 is 0 Å². The zero-order valence-electron chi connectivity index (χ0n) is 15.2. The summed E-state index contributed by atoms with van der Waals surface area (Å²) < 4.78 is 0. The van der Waals surface area contributed by atoms with Crippen molar-refractivity contribution < 1.29 is 15.0 Å². The minimum atomic E-state index is -0.562. The quantitative estimate of drug-likeness (QED) is 0.540. The first-order valence-corrected chi connectivity index (χ1v) is 9.91. The van der Waals surface area contributed by atoms with E-state index in [2.05, 4.69) is 10.2 Å². The fraction of sp³-hybridized carbons (Fsp3) is 0.200. The van der Waals surface area contributed by atoms with Crippen LogP contribution in [0.15, 0.2) is 30.3 Å². The number of amides is 1. The number of phenols is 1. The van der Waals surface area contributed by atoms with Crippen molar-refractivity contribution in [2.45, 2.75) is 13.0 Å². The molecular formula is C20H16Cl3N3O3. The highest BCUT2D eigenvalue weighted by Crippen LogP contribution is 2.45. The number of carbonyl (C=O) groups is 1. The predicted octanol–water partition coefficient (Wildman–Crippen LogP) is 4.59. The van der Waals surface area contributed by atoms with Crippen molar-refractivity contribution in [3.05, 3.63) is 67.8 Å². The van der Waals surface area contributed by atoms with Gasteiger partial charge in [0, 0.05) is 22.7 Å². The Morgan fingerprint density at radius 2 is 1.90 bits per heavy atom. The average Bonchev–Trinajstić information content (AvgIpc) is 3.21. The van der Waals surface area contributed by atoms with E-state index < -0.39 is 6.04 Å². The number of carbonyl (C=O) groups excluding carboxylic acids is 1. The van der Waals surface area contributed by atoms with Gasteiger partial charge in [-0.3, -0.25) is 9.89 Å². The molecule has 2 aromatic carbocycles. The van der Waals surface area contributed by atoms with E-state index in [9.17, 15) is 15.0 Å². The van der Waals surface area contributed by atoms with Gasteiger partial charge in [0.1, 0.15) is 17.1 Å². The molecule has 0 unspecified atom stereocenters. The smallest absolute Gasteiger partial charge is 0.273 e. The van der Waals surface area contributed by atoms with E-state index in [1.54, 1.807) is 37.3 Å². The summed E-state index contributed by atoms with van der Waals surface area (Å²) in [6.45, 7) is 1.69. The van der Waals surface area contributed by atoms with E-state index in [-0.39, 0.29) is 24.8 Å². The number of nitrogens with one attached hydrogen (secondary N) is 1. The second kappa shape index (κ2) is 7.54. The van der Waals surface area contributed by atoms with Gasteiger partial charge in [0.2, 0.25) is 0 Å². The molecule has 3 aromatic rings. The normalized spacial score (nSPS) is 15.8. The number of fused-ring (bicyclic) bond motifs is 1. The molecule has 29 heavy (non-hydrogen) atoms. The third-order valence-electron chi connectivity index (χ3n) is 5.00. The molecule has 0 saturated carbocycles. The van der Waals surface area contributed by atoms with E-state index in [1.807, 2.05) is 0 Å². The first-order chi connectivity index (χ1) is 13.8. The molecule has 4 rings (SSSR count). The molecule has 1 aliphatic heterocycles. The van der Waals surface area contributed by atoms with Crippen molar-refractivity contribution in [1.29, 1.82) is 0 Å². The second-order valence-corrected chi connectivity index (χ2v) is 8.00. The van der Waals surface area contributed by atoms with Crippen LogP contribution < -0.4 is 0 Å². The maximum atomic E-state index is 13.0.